The highest BCUT2D eigenvalue weighted by Gasteiger charge is 2.11. The van der Waals surface area contributed by atoms with Crippen LogP contribution in [0.25, 0.3) is 0 Å². The van der Waals surface area contributed by atoms with E-state index in [1.165, 1.54) is 0 Å². The Morgan fingerprint density at radius 2 is 2.50 bits per heavy atom. The van der Waals surface area contributed by atoms with Crippen LogP contribution in [-0.4, -0.2) is 10.1 Å². The fraction of sp³-hybridized carbons (Fsp3) is 0.300. The summed E-state index contributed by atoms with van der Waals surface area (Å²) in [7, 11) is 0. The molecule has 0 fully saturated rings. The molecular formula is C10H11NO2S. The highest BCUT2D eigenvalue weighted by atomic mass is 32.1. The summed E-state index contributed by atoms with van der Waals surface area (Å²) >= 11 is 1.55. The van der Waals surface area contributed by atoms with Gasteiger partial charge in [0.15, 0.2) is 0 Å². The van der Waals surface area contributed by atoms with Crippen LogP contribution in [0.5, 0.6) is 0 Å². The van der Waals surface area contributed by atoms with Crippen molar-refractivity contribution >= 4 is 11.3 Å². The van der Waals surface area contributed by atoms with E-state index < -0.39 is 6.10 Å². The highest BCUT2D eigenvalue weighted by Crippen LogP contribution is 2.20. The minimum absolute atomic E-state index is 0.530. The number of nitrogens with zero attached hydrogens (tertiary/aromatic N) is 1. The number of rotatable bonds is 3. The summed E-state index contributed by atoms with van der Waals surface area (Å²) in [6.07, 6.45) is 3.27. The van der Waals surface area contributed by atoms with Gasteiger partial charge in [-0.2, -0.15) is 0 Å². The number of thiazole rings is 1. The van der Waals surface area contributed by atoms with E-state index in [4.69, 9.17) is 4.42 Å². The van der Waals surface area contributed by atoms with Gasteiger partial charge in [0, 0.05) is 11.8 Å². The smallest absolute Gasteiger partial charge is 0.101 e. The fourth-order valence-corrected chi connectivity index (χ4v) is 1.93. The van der Waals surface area contributed by atoms with Gasteiger partial charge < -0.3 is 9.52 Å². The summed E-state index contributed by atoms with van der Waals surface area (Å²) in [5, 5.41) is 12.7. The summed E-state index contributed by atoms with van der Waals surface area (Å²) in [6, 6.07) is 1.85. The molecule has 0 saturated heterocycles. The standard InChI is InChI=1S/C10H11NO2S/c1-7-11-9(6-14-7)10(12)4-8-2-3-13-5-8/h2-3,5-6,10,12H,4H2,1H3. The van der Waals surface area contributed by atoms with Crippen molar-refractivity contribution in [3.8, 4) is 0 Å². The van der Waals surface area contributed by atoms with E-state index in [0.717, 1.165) is 16.3 Å². The molecule has 2 heterocycles. The zero-order valence-electron chi connectivity index (χ0n) is 7.80. The van der Waals surface area contributed by atoms with Gasteiger partial charge in [0.2, 0.25) is 0 Å². The van der Waals surface area contributed by atoms with Crippen LogP contribution >= 0.6 is 11.3 Å². The summed E-state index contributed by atoms with van der Waals surface area (Å²) in [6.45, 7) is 1.93. The third-order valence-corrected chi connectivity index (χ3v) is 2.78. The molecule has 1 unspecified atom stereocenters. The van der Waals surface area contributed by atoms with Crippen molar-refractivity contribution < 1.29 is 9.52 Å². The maximum atomic E-state index is 9.81. The third-order valence-electron chi connectivity index (χ3n) is 1.99. The maximum Gasteiger partial charge on any atom is 0.101 e. The van der Waals surface area contributed by atoms with E-state index in [2.05, 4.69) is 4.98 Å². The molecule has 0 aliphatic heterocycles. The van der Waals surface area contributed by atoms with Crippen LogP contribution in [0.3, 0.4) is 0 Å². The Bertz CT molecular complexity index is 394. The largest absolute Gasteiger partial charge is 0.472 e. The molecule has 74 valence electrons. The van der Waals surface area contributed by atoms with Gasteiger partial charge in [-0.1, -0.05) is 0 Å². The number of aliphatic hydroxyl groups is 1. The maximum absolute atomic E-state index is 9.81. The summed E-state index contributed by atoms with van der Waals surface area (Å²) in [4.78, 5) is 4.23. The van der Waals surface area contributed by atoms with Gasteiger partial charge in [-0.15, -0.1) is 11.3 Å². The highest BCUT2D eigenvalue weighted by molar-refractivity contribution is 7.09. The number of hydrogen-bond acceptors (Lipinski definition) is 4. The first-order valence-corrected chi connectivity index (χ1v) is 5.25. The topological polar surface area (TPSA) is 46.3 Å². The van der Waals surface area contributed by atoms with Gasteiger partial charge in [-0.25, -0.2) is 4.98 Å². The number of aromatic nitrogens is 1. The first kappa shape index (κ1) is 9.43. The van der Waals surface area contributed by atoms with E-state index in [-0.39, 0.29) is 0 Å². The van der Waals surface area contributed by atoms with Crippen molar-refractivity contribution in [2.75, 3.05) is 0 Å². The second-order valence-electron chi connectivity index (χ2n) is 3.14. The van der Waals surface area contributed by atoms with E-state index in [1.54, 1.807) is 23.9 Å². The minimum atomic E-state index is -0.530. The van der Waals surface area contributed by atoms with Gasteiger partial charge in [0.05, 0.1) is 23.2 Å². The lowest BCUT2D eigenvalue weighted by atomic mass is 10.1. The molecule has 0 aromatic carbocycles. The molecule has 3 nitrogen and oxygen atoms in total. The van der Waals surface area contributed by atoms with Crippen molar-refractivity contribution in [1.29, 1.82) is 0 Å². The molecular weight excluding hydrogens is 198 g/mol. The zero-order chi connectivity index (χ0) is 9.97. The van der Waals surface area contributed by atoms with E-state index in [0.29, 0.717) is 6.42 Å². The third kappa shape index (κ3) is 2.02. The van der Waals surface area contributed by atoms with Gasteiger partial charge in [-0.3, -0.25) is 0 Å². The van der Waals surface area contributed by atoms with Crippen LogP contribution in [0.4, 0.5) is 0 Å². The summed E-state index contributed by atoms with van der Waals surface area (Å²) in [5.41, 5.74) is 1.73. The first-order chi connectivity index (χ1) is 6.75. The number of furan rings is 1. The van der Waals surface area contributed by atoms with Crippen molar-refractivity contribution in [3.63, 3.8) is 0 Å². The minimum Gasteiger partial charge on any atom is -0.472 e. The number of aliphatic hydroxyl groups excluding tert-OH is 1. The van der Waals surface area contributed by atoms with Crippen LogP contribution in [0.15, 0.2) is 28.4 Å². The SMILES string of the molecule is Cc1nc(C(O)Cc2ccoc2)cs1. The quantitative estimate of drug-likeness (QED) is 0.843. The van der Waals surface area contributed by atoms with Gasteiger partial charge in [0.1, 0.15) is 6.10 Å². The van der Waals surface area contributed by atoms with E-state index >= 15 is 0 Å². The molecule has 1 N–H and O–H groups in total. The molecule has 14 heavy (non-hydrogen) atoms. The average molecular weight is 209 g/mol. The lowest BCUT2D eigenvalue weighted by Crippen LogP contribution is -2.01. The van der Waals surface area contributed by atoms with Crippen molar-refractivity contribution in [3.05, 3.63) is 40.2 Å². The van der Waals surface area contributed by atoms with Crippen molar-refractivity contribution in [1.82, 2.24) is 4.98 Å². The Morgan fingerprint density at radius 3 is 3.07 bits per heavy atom. The Kier molecular flexibility index (Phi) is 2.65. The molecule has 2 aromatic heterocycles. The molecule has 0 aliphatic rings. The molecule has 1 atom stereocenters. The van der Waals surface area contributed by atoms with Crippen LogP contribution < -0.4 is 0 Å². The molecule has 0 radical (unpaired) electrons. The molecule has 0 bridgehead atoms. The Morgan fingerprint density at radius 1 is 1.64 bits per heavy atom. The predicted octanol–water partition coefficient (Wildman–Crippen LogP) is 2.32. The van der Waals surface area contributed by atoms with Crippen LogP contribution in [0.2, 0.25) is 0 Å². The molecule has 0 amide bonds. The van der Waals surface area contributed by atoms with Crippen molar-refractivity contribution in [2.24, 2.45) is 0 Å². The second kappa shape index (κ2) is 3.94. The predicted molar refractivity (Wildman–Crippen MR) is 54.2 cm³/mol. The monoisotopic (exact) mass is 209 g/mol. The molecule has 4 heteroatoms. The normalized spacial score (nSPS) is 13.0. The summed E-state index contributed by atoms with van der Waals surface area (Å²) in [5.74, 6) is 0. The lowest BCUT2D eigenvalue weighted by molar-refractivity contribution is 0.174. The van der Waals surface area contributed by atoms with Crippen LogP contribution in [-0.2, 0) is 6.42 Å². The Balaban J connectivity index is 2.06. The van der Waals surface area contributed by atoms with Gasteiger partial charge >= 0.3 is 0 Å². The number of aryl methyl sites for hydroxylation is 1. The molecule has 0 saturated carbocycles. The van der Waals surface area contributed by atoms with E-state index in [1.807, 2.05) is 18.4 Å². The molecule has 0 aliphatic carbocycles. The van der Waals surface area contributed by atoms with Gasteiger partial charge in [-0.05, 0) is 18.6 Å². The second-order valence-corrected chi connectivity index (χ2v) is 4.21. The van der Waals surface area contributed by atoms with Gasteiger partial charge in [0.25, 0.3) is 0 Å². The van der Waals surface area contributed by atoms with E-state index in [9.17, 15) is 5.11 Å². The lowest BCUT2D eigenvalue weighted by Gasteiger charge is -2.04. The fourth-order valence-electron chi connectivity index (χ4n) is 1.27. The average Bonchev–Trinajstić information content (AvgIpc) is 2.75. The van der Waals surface area contributed by atoms with Crippen LogP contribution in [0.1, 0.15) is 22.4 Å². The van der Waals surface area contributed by atoms with Crippen molar-refractivity contribution in [2.45, 2.75) is 19.4 Å². The molecule has 0 spiro atoms. The zero-order valence-corrected chi connectivity index (χ0v) is 8.62. The Labute approximate surface area is 86.0 Å². The summed E-state index contributed by atoms with van der Waals surface area (Å²) < 4.78 is 4.93. The molecule has 2 rings (SSSR count). The first-order valence-electron chi connectivity index (χ1n) is 4.37. The Hall–Kier alpha value is -1.13. The molecule has 2 aromatic rings. The van der Waals surface area contributed by atoms with Crippen LogP contribution in [0, 0.1) is 6.92 Å². The number of hydrogen-bond donors (Lipinski definition) is 1.